The Hall–Kier alpha value is -2.47. The van der Waals surface area contributed by atoms with Crippen molar-refractivity contribution in [2.45, 2.75) is 19.4 Å². The second-order valence-electron chi connectivity index (χ2n) is 6.52. The number of likely N-dealkylation sites (tertiary alicyclic amines) is 1. The number of benzene rings is 2. The van der Waals surface area contributed by atoms with Gasteiger partial charge in [0, 0.05) is 24.2 Å². The number of nitrogens with one attached hydrogen (secondary N) is 1. The van der Waals surface area contributed by atoms with Crippen molar-refractivity contribution in [2.24, 2.45) is 5.92 Å². The van der Waals surface area contributed by atoms with Crippen molar-refractivity contribution in [1.82, 2.24) is 4.90 Å². The molecule has 0 spiro atoms. The van der Waals surface area contributed by atoms with Crippen LogP contribution in [0.25, 0.3) is 0 Å². The highest BCUT2D eigenvalue weighted by molar-refractivity contribution is 5.92. The van der Waals surface area contributed by atoms with E-state index in [0.29, 0.717) is 0 Å². The summed E-state index contributed by atoms with van der Waals surface area (Å²) in [7, 11) is 1.65. The smallest absolute Gasteiger partial charge is 0.227 e. The number of carbonyl (C=O) groups excluding carboxylic acids is 1. The van der Waals surface area contributed by atoms with Crippen LogP contribution in [0.5, 0.6) is 5.75 Å². The Morgan fingerprint density at radius 1 is 1.15 bits per heavy atom. The number of methoxy groups -OCH3 is 1. The lowest BCUT2D eigenvalue weighted by Crippen LogP contribution is -2.37. The van der Waals surface area contributed by atoms with Crippen LogP contribution in [0.2, 0.25) is 0 Å². The van der Waals surface area contributed by atoms with Crippen LogP contribution in [-0.4, -0.2) is 31.0 Å². The van der Waals surface area contributed by atoms with Crippen molar-refractivity contribution in [3.63, 3.8) is 0 Å². The number of hydrogen-bond acceptors (Lipinski definition) is 3. The maximum Gasteiger partial charge on any atom is 0.227 e. The number of amides is 1. The lowest BCUT2D eigenvalue weighted by molar-refractivity contribution is -0.121. The molecule has 2 aromatic carbocycles. The van der Waals surface area contributed by atoms with E-state index in [-0.39, 0.29) is 17.5 Å². The fourth-order valence-corrected chi connectivity index (χ4v) is 3.20. The molecule has 0 atom stereocenters. The minimum absolute atomic E-state index is 0.121. The van der Waals surface area contributed by atoms with E-state index in [0.717, 1.165) is 50.4 Å². The third-order valence-corrected chi connectivity index (χ3v) is 4.69. The maximum absolute atomic E-state index is 13.2. The molecule has 138 valence electrons. The van der Waals surface area contributed by atoms with Crippen LogP contribution >= 0.6 is 0 Å². The van der Waals surface area contributed by atoms with Gasteiger partial charge in [-0.2, -0.15) is 0 Å². The van der Waals surface area contributed by atoms with Gasteiger partial charge in [-0.15, -0.1) is 0 Å². The van der Waals surface area contributed by atoms with Crippen molar-refractivity contribution >= 4 is 11.6 Å². The molecule has 1 heterocycles. The van der Waals surface area contributed by atoms with E-state index in [4.69, 9.17) is 4.74 Å². The molecule has 6 heteroatoms. The Morgan fingerprint density at radius 2 is 1.92 bits per heavy atom. The average Bonchev–Trinajstić information content (AvgIpc) is 2.65. The molecule has 0 aromatic heterocycles. The summed E-state index contributed by atoms with van der Waals surface area (Å²) in [4.78, 5) is 14.7. The molecule has 1 saturated heterocycles. The molecule has 2 aromatic rings. The summed E-state index contributed by atoms with van der Waals surface area (Å²) in [5.41, 5.74) is 1.46. The van der Waals surface area contributed by atoms with E-state index in [2.05, 4.69) is 16.3 Å². The van der Waals surface area contributed by atoms with Gasteiger partial charge in [0.15, 0.2) is 11.6 Å². The molecular formula is C20H22F2N2O2. The van der Waals surface area contributed by atoms with E-state index in [1.165, 1.54) is 11.6 Å². The summed E-state index contributed by atoms with van der Waals surface area (Å²) in [5, 5.41) is 2.68. The zero-order valence-corrected chi connectivity index (χ0v) is 14.7. The third-order valence-electron chi connectivity index (χ3n) is 4.69. The molecule has 26 heavy (non-hydrogen) atoms. The SMILES string of the molecule is COc1cccc(CN2CCC(C(=O)Nc3ccc(F)c(F)c3)CC2)c1. The Labute approximate surface area is 151 Å². The van der Waals surface area contributed by atoms with Crippen LogP contribution < -0.4 is 10.1 Å². The summed E-state index contributed by atoms with van der Waals surface area (Å²) in [6.45, 7) is 2.44. The summed E-state index contributed by atoms with van der Waals surface area (Å²) < 4.78 is 31.4. The molecule has 0 bridgehead atoms. The number of halogens is 2. The minimum Gasteiger partial charge on any atom is -0.497 e. The van der Waals surface area contributed by atoms with Crippen molar-refractivity contribution < 1.29 is 18.3 Å². The standard InChI is InChI=1S/C20H22F2N2O2/c1-26-17-4-2-3-14(11-17)13-24-9-7-15(8-10-24)20(25)23-16-5-6-18(21)19(22)12-16/h2-6,11-12,15H,7-10,13H2,1H3,(H,23,25). The van der Waals surface area contributed by atoms with E-state index in [1.54, 1.807) is 7.11 Å². The first-order chi connectivity index (χ1) is 12.5. The summed E-state index contributed by atoms with van der Waals surface area (Å²) in [5.74, 6) is -1.31. The Balaban J connectivity index is 1.51. The molecule has 0 radical (unpaired) electrons. The highest BCUT2D eigenvalue weighted by Crippen LogP contribution is 2.22. The molecule has 0 saturated carbocycles. The number of piperidine rings is 1. The Morgan fingerprint density at radius 3 is 2.62 bits per heavy atom. The van der Waals surface area contributed by atoms with Crippen LogP contribution in [-0.2, 0) is 11.3 Å². The molecule has 0 unspecified atom stereocenters. The second kappa shape index (κ2) is 8.27. The number of carbonyl (C=O) groups is 1. The number of hydrogen-bond donors (Lipinski definition) is 1. The Kier molecular flexibility index (Phi) is 5.83. The van der Waals surface area contributed by atoms with E-state index < -0.39 is 11.6 Å². The molecule has 1 aliphatic heterocycles. The van der Waals surface area contributed by atoms with E-state index >= 15 is 0 Å². The highest BCUT2D eigenvalue weighted by atomic mass is 19.2. The first-order valence-corrected chi connectivity index (χ1v) is 8.66. The number of ether oxygens (including phenoxy) is 1. The summed E-state index contributed by atoms with van der Waals surface area (Å²) in [6, 6.07) is 11.3. The van der Waals surface area contributed by atoms with Gasteiger partial charge in [-0.05, 0) is 55.8 Å². The van der Waals surface area contributed by atoms with E-state index in [1.807, 2.05) is 18.2 Å². The molecule has 4 nitrogen and oxygen atoms in total. The van der Waals surface area contributed by atoms with Gasteiger partial charge in [-0.25, -0.2) is 8.78 Å². The van der Waals surface area contributed by atoms with Crippen LogP contribution in [0.1, 0.15) is 18.4 Å². The second-order valence-corrected chi connectivity index (χ2v) is 6.52. The topological polar surface area (TPSA) is 41.6 Å². The van der Waals surface area contributed by atoms with Crippen LogP contribution in [0, 0.1) is 17.6 Å². The predicted molar refractivity (Wildman–Crippen MR) is 96.0 cm³/mol. The van der Waals surface area contributed by atoms with Gasteiger partial charge in [0.1, 0.15) is 5.75 Å². The monoisotopic (exact) mass is 360 g/mol. The van der Waals surface area contributed by atoms with Crippen molar-refractivity contribution in [3.05, 3.63) is 59.7 Å². The summed E-state index contributed by atoms with van der Waals surface area (Å²) in [6.07, 6.45) is 1.47. The lowest BCUT2D eigenvalue weighted by Gasteiger charge is -2.31. The van der Waals surface area contributed by atoms with Gasteiger partial charge < -0.3 is 10.1 Å². The van der Waals surface area contributed by atoms with Gasteiger partial charge >= 0.3 is 0 Å². The van der Waals surface area contributed by atoms with Crippen LogP contribution in [0.15, 0.2) is 42.5 Å². The van der Waals surface area contributed by atoms with Crippen molar-refractivity contribution in [2.75, 3.05) is 25.5 Å². The molecule has 1 amide bonds. The fourth-order valence-electron chi connectivity index (χ4n) is 3.20. The lowest BCUT2D eigenvalue weighted by atomic mass is 9.95. The van der Waals surface area contributed by atoms with Gasteiger partial charge in [0.25, 0.3) is 0 Å². The fraction of sp³-hybridized carbons (Fsp3) is 0.350. The van der Waals surface area contributed by atoms with Gasteiger partial charge in [-0.1, -0.05) is 12.1 Å². The number of rotatable bonds is 5. The average molecular weight is 360 g/mol. The number of anilines is 1. The summed E-state index contributed by atoms with van der Waals surface area (Å²) >= 11 is 0. The quantitative estimate of drug-likeness (QED) is 0.881. The first kappa shape index (κ1) is 18.3. The molecule has 1 fully saturated rings. The molecule has 1 N–H and O–H groups in total. The molecule has 0 aliphatic carbocycles. The molecule has 1 aliphatic rings. The molecule has 3 rings (SSSR count). The van der Waals surface area contributed by atoms with Crippen LogP contribution in [0.3, 0.4) is 0 Å². The van der Waals surface area contributed by atoms with Crippen molar-refractivity contribution in [1.29, 1.82) is 0 Å². The molecular weight excluding hydrogens is 338 g/mol. The number of nitrogens with zero attached hydrogens (tertiary/aromatic N) is 1. The Bertz CT molecular complexity index is 774. The zero-order valence-electron chi connectivity index (χ0n) is 14.7. The highest BCUT2D eigenvalue weighted by Gasteiger charge is 2.25. The van der Waals surface area contributed by atoms with Gasteiger partial charge in [0.05, 0.1) is 7.11 Å². The maximum atomic E-state index is 13.2. The van der Waals surface area contributed by atoms with Gasteiger partial charge in [0.2, 0.25) is 5.91 Å². The normalized spacial score (nSPS) is 15.7. The largest absolute Gasteiger partial charge is 0.497 e. The predicted octanol–water partition coefficient (Wildman–Crippen LogP) is 3.82. The zero-order chi connectivity index (χ0) is 18.5. The van der Waals surface area contributed by atoms with Crippen LogP contribution in [0.4, 0.5) is 14.5 Å². The minimum atomic E-state index is -0.962. The van der Waals surface area contributed by atoms with Crippen molar-refractivity contribution in [3.8, 4) is 5.75 Å². The first-order valence-electron chi connectivity index (χ1n) is 8.66. The van der Waals surface area contributed by atoms with E-state index in [9.17, 15) is 13.6 Å². The van der Waals surface area contributed by atoms with Gasteiger partial charge in [-0.3, -0.25) is 9.69 Å². The third kappa shape index (κ3) is 4.58.